The first-order valence-electron chi connectivity index (χ1n) is 12.3. The maximum atomic E-state index is 12.8. The lowest BCUT2D eigenvalue weighted by atomic mass is 10.1. The fraction of sp³-hybridized carbons (Fsp3) is 0.250. The van der Waals surface area contributed by atoms with Gasteiger partial charge in [0.05, 0.1) is 49.0 Å². The molecule has 0 unspecified atom stereocenters. The van der Waals surface area contributed by atoms with E-state index in [1.807, 2.05) is 24.3 Å². The van der Waals surface area contributed by atoms with Crippen molar-refractivity contribution in [2.24, 2.45) is 0 Å². The van der Waals surface area contributed by atoms with Gasteiger partial charge in [0.2, 0.25) is 5.88 Å². The maximum Gasteiger partial charge on any atom is 0.323 e. The number of urea groups is 1. The zero-order chi connectivity index (χ0) is 27.2. The summed E-state index contributed by atoms with van der Waals surface area (Å²) in [5.41, 5.74) is 2.83. The number of carbonyl (C=O) groups excluding carboxylic acids is 1. The number of aromatic nitrogens is 2. The molecule has 1 aliphatic rings. The van der Waals surface area contributed by atoms with E-state index in [-0.39, 0.29) is 0 Å². The van der Waals surface area contributed by atoms with Crippen LogP contribution in [0, 0.1) is 0 Å². The number of para-hydroxylation sites is 1. The molecule has 5 rings (SSSR count). The lowest BCUT2D eigenvalue weighted by Crippen LogP contribution is -2.36. The van der Waals surface area contributed by atoms with Gasteiger partial charge in [-0.05, 0) is 29.8 Å². The van der Waals surface area contributed by atoms with Gasteiger partial charge in [-0.1, -0.05) is 29.8 Å². The monoisotopic (exact) mass is 549 g/mol. The number of benzene rings is 3. The number of halogens is 1. The van der Waals surface area contributed by atoms with E-state index in [0.29, 0.717) is 58.0 Å². The maximum absolute atomic E-state index is 12.8. The molecule has 39 heavy (non-hydrogen) atoms. The molecule has 11 heteroatoms. The van der Waals surface area contributed by atoms with Crippen LogP contribution < -0.4 is 24.8 Å². The normalized spacial score (nSPS) is 13.6. The van der Waals surface area contributed by atoms with Crippen molar-refractivity contribution in [1.29, 1.82) is 0 Å². The smallest absolute Gasteiger partial charge is 0.323 e. The van der Waals surface area contributed by atoms with Crippen LogP contribution in [0.25, 0.3) is 10.9 Å². The molecular formula is C28H28ClN5O5. The predicted molar refractivity (Wildman–Crippen MR) is 149 cm³/mol. The van der Waals surface area contributed by atoms with Gasteiger partial charge in [0, 0.05) is 37.5 Å². The Bertz CT molecular complexity index is 1480. The molecule has 0 atom stereocenters. The zero-order valence-corrected chi connectivity index (χ0v) is 22.3. The molecule has 0 bridgehead atoms. The molecule has 10 nitrogen and oxygen atoms in total. The Kier molecular flexibility index (Phi) is 8.26. The highest BCUT2D eigenvalue weighted by atomic mass is 35.5. The van der Waals surface area contributed by atoms with Crippen LogP contribution in [0.2, 0.25) is 5.02 Å². The van der Waals surface area contributed by atoms with Crippen LogP contribution in [0.4, 0.5) is 16.2 Å². The average Bonchev–Trinajstić information content (AvgIpc) is 2.95. The third kappa shape index (κ3) is 6.31. The second-order valence-electron chi connectivity index (χ2n) is 8.77. The number of ether oxygens (including phenoxy) is 4. The summed E-state index contributed by atoms with van der Waals surface area (Å²) < 4.78 is 22.2. The molecule has 202 valence electrons. The Balaban J connectivity index is 1.28. The van der Waals surface area contributed by atoms with Gasteiger partial charge in [0.15, 0.2) is 11.5 Å². The van der Waals surface area contributed by atoms with Gasteiger partial charge in [0.25, 0.3) is 0 Å². The summed E-state index contributed by atoms with van der Waals surface area (Å²) in [5.74, 6) is 1.85. The number of anilines is 2. The van der Waals surface area contributed by atoms with Crippen molar-refractivity contribution in [3.63, 3.8) is 0 Å². The number of rotatable bonds is 8. The van der Waals surface area contributed by atoms with Gasteiger partial charge in [-0.3, -0.25) is 4.90 Å². The van der Waals surface area contributed by atoms with Crippen LogP contribution in [0.1, 0.15) is 5.56 Å². The van der Waals surface area contributed by atoms with E-state index in [0.717, 1.165) is 30.9 Å². The number of nitrogens with one attached hydrogen (secondary N) is 2. The van der Waals surface area contributed by atoms with Crippen LogP contribution in [0.5, 0.6) is 23.1 Å². The lowest BCUT2D eigenvalue weighted by Gasteiger charge is -2.27. The molecular weight excluding hydrogens is 522 g/mol. The van der Waals surface area contributed by atoms with Gasteiger partial charge in [-0.25, -0.2) is 14.8 Å². The molecule has 2 amide bonds. The number of carbonyl (C=O) groups is 1. The van der Waals surface area contributed by atoms with E-state index in [1.165, 1.54) is 6.33 Å². The highest BCUT2D eigenvalue weighted by molar-refractivity contribution is 6.34. The summed E-state index contributed by atoms with van der Waals surface area (Å²) in [4.78, 5) is 23.7. The third-order valence-corrected chi connectivity index (χ3v) is 6.58. The minimum Gasteiger partial charge on any atom is -0.493 e. The molecule has 1 saturated heterocycles. The topological polar surface area (TPSA) is 107 Å². The van der Waals surface area contributed by atoms with Crippen molar-refractivity contribution in [1.82, 2.24) is 14.9 Å². The minimum absolute atomic E-state index is 0.307. The van der Waals surface area contributed by atoms with E-state index in [2.05, 4.69) is 25.5 Å². The lowest BCUT2D eigenvalue weighted by molar-refractivity contribution is 0.0343. The molecule has 0 radical (unpaired) electrons. The predicted octanol–water partition coefficient (Wildman–Crippen LogP) is 5.57. The summed E-state index contributed by atoms with van der Waals surface area (Å²) in [6, 6.07) is 15.8. The van der Waals surface area contributed by atoms with Crippen LogP contribution in [-0.4, -0.2) is 61.4 Å². The van der Waals surface area contributed by atoms with Gasteiger partial charge < -0.3 is 29.6 Å². The van der Waals surface area contributed by atoms with Crippen LogP contribution in [-0.2, 0) is 11.3 Å². The molecule has 0 saturated carbocycles. The first-order chi connectivity index (χ1) is 19.0. The Labute approximate surface area is 230 Å². The summed E-state index contributed by atoms with van der Waals surface area (Å²) >= 11 is 6.50. The number of hydrogen-bond acceptors (Lipinski definition) is 8. The Morgan fingerprint density at radius 2 is 1.72 bits per heavy atom. The van der Waals surface area contributed by atoms with Gasteiger partial charge in [0.1, 0.15) is 12.1 Å². The summed E-state index contributed by atoms with van der Waals surface area (Å²) in [6.07, 6.45) is 1.41. The Morgan fingerprint density at radius 3 is 2.49 bits per heavy atom. The molecule has 3 aromatic carbocycles. The van der Waals surface area contributed by atoms with E-state index < -0.39 is 6.03 Å². The first-order valence-corrected chi connectivity index (χ1v) is 12.7. The highest BCUT2D eigenvalue weighted by Gasteiger charge is 2.16. The van der Waals surface area contributed by atoms with E-state index in [1.54, 1.807) is 44.6 Å². The third-order valence-electron chi connectivity index (χ3n) is 6.27. The van der Waals surface area contributed by atoms with Crippen molar-refractivity contribution in [2.45, 2.75) is 6.54 Å². The summed E-state index contributed by atoms with van der Waals surface area (Å²) in [5, 5.41) is 6.69. The molecule has 0 aliphatic carbocycles. The standard InChI is InChI=1S/C28H28ClN5O5/c1-36-25-14-20-24(15-26(25)37-2)30-17-31-27(20)39-19-7-8-23(21(29)13-19)33-28(35)32-22-6-4-3-5-18(22)16-34-9-11-38-12-10-34/h3-8,13-15,17H,9-12,16H2,1-2H3,(H2,32,33,35). The molecule has 0 spiro atoms. The number of amides is 2. The number of fused-ring (bicyclic) bond motifs is 1. The SMILES string of the molecule is COc1cc2ncnc(Oc3ccc(NC(=O)Nc4ccccc4CN4CCOCC4)c(Cl)c3)c2cc1OC. The van der Waals surface area contributed by atoms with Crippen LogP contribution in [0.3, 0.4) is 0 Å². The fourth-order valence-corrected chi connectivity index (χ4v) is 4.49. The van der Waals surface area contributed by atoms with Crippen molar-refractivity contribution in [2.75, 3.05) is 51.2 Å². The summed E-state index contributed by atoms with van der Waals surface area (Å²) in [7, 11) is 3.11. The Hall–Kier alpha value is -4.12. The second-order valence-corrected chi connectivity index (χ2v) is 9.18. The number of nitrogens with zero attached hydrogens (tertiary/aromatic N) is 3. The summed E-state index contributed by atoms with van der Waals surface area (Å²) in [6.45, 7) is 3.87. The highest BCUT2D eigenvalue weighted by Crippen LogP contribution is 2.37. The number of hydrogen-bond donors (Lipinski definition) is 2. The molecule has 1 aliphatic heterocycles. The first kappa shape index (κ1) is 26.5. The molecule has 1 fully saturated rings. The van der Waals surface area contributed by atoms with Crippen LogP contribution >= 0.6 is 11.6 Å². The van der Waals surface area contributed by atoms with Gasteiger partial charge in [-0.15, -0.1) is 0 Å². The number of morpholine rings is 1. The van der Waals surface area contributed by atoms with E-state index in [9.17, 15) is 4.79 Å². The molecule has 4 aromatic rings. The van der Waals surface area contributed by atoms with Crippen molar-refractivity contribution in [3.05, 3.63) is 71.5 Å². The second kappa shape index (κ2) is 12.2. The van der Waals surface area contributed by atoms with Crippen molar-refractivity contribution in [3.8, 4) is 23.1 Å². The van der Waals surface area contributed by atoms with E-state index in [4.69, 9.17) is 30.5 Å². The zero-order valence-electron chi connectivity index (χ0n) is 21.6. The molecule has 1 aromatic heterocycles. The van der Waals surface area contributed by atoms with Crippen molar-refractivity contribution >= 4 is 39.9 Å². The quantitative estimate of drug-likeness (QED) is 0.294. The largest absolute Gasteiger partial charge is 0.493 e. The van der Waals surface area contributed by atoms with Crippen molar-refractivity contribution < 1.29 is 23.7 Å². The van der Waals surface area contributed by atoms with Gasteiger partial charge >= 0.3 is 6.03 Å². The number of methoxy groups -OCH3 is 2. The minimum atomic E-state index is -0.400. The molecule has 2 heterocycles. The average molecular weight is 550 g/mol. The Morgan fingerprint density at radius 1 is 0.974 bits per heavy atom. The fourth-order valence-electron chi connectivity index (χ4n) is 4.27. The molecule has 2 N–H and O–H groups in total. The van der Waals surface area contributed by atoms with Crippen LogP contribution in [0.15, 0.2) is 60.9 Å². The van der Waals surface area contributed by atoms with E-state index >= 15 is 0 Å². The van der Waals surface area contributed by atoms with Gasteiger partial charge in [-0.2, -0.15) is 0 Å².